The Hall–Kier alpha value is -2.05. The monoisotopic (exact) mass is 296 g/mol. The number of anilines is 1. The Morgan fingerprint density at radius 2 is 2.23 bits per heavy atom. The highest BCUT2D eigenvalue weighted by Crippen LogP contribution is 2.28. The number of hydrogen-bond acceptors (Lipinski definition) is 6. The van der Waals surface area contributed by atoms with Crippen LogP contribution >= 0.6 is 0 Å². The van der Waals surface area contributed by atoms with Gasteiger partial charge in [0.2, 0.25) is 0 Å². The van der Waals surface area contributed by atoms with Gasteiger partial charge < -0.3 is 16.0 Å². The highest BCUT2D eigenvalue weighted by atomic mass is 15.2. The lowest BCUT2D eigenvalue weighted by molar-refractivity contribution is 0.621. The lowest BCUT2D eigenvalue weighted by Gasteiger charge is -2.25. The second-order valence-corrected chi connectivity index (χ2v) is 5.93. The third-order valence-electron chi connectivity index (χ3n) is 4.33. The van der Waals surface area contributed by atoms with Crippen LogP contribution in [0.1, 0.15) is 17.7 Å². The van der Waals surface area contributed by atoms with Crippen LogP contribution < -0.4 is 16.0 Å². The molecule has 6 heteroatoms. The van der Waals surface area contributed by atoms with Crippen molar-refractivity contribution in [2.45, 2.75) is 25.4 Å². The van der Waals surface area contributed by atoms with E-state index < -0.39 is 0 Å². The van der Waals surface area contributed by atoms with Crippen molar-refractivity contribution in [3.05, 3.63) is 35.7 Å². The zero-order chi connectivity index (χ0) is 14.9. The molecule has 0 radical (unpaired) electrons. The lowest BCUT2D eigenvalue weighted by atomic mass is 10.1. The Balaban J connectivity index is 1.81. The summed E-state index contributed by atoms with van der Waals surface area (Å²) in [4.78, 5) is 16.3. The Labute approximate surface area is 129 Å². The molecule has 1 atom stereocenters. The summed E-state index contributed by atoms with van der Waals surface area (Å²) in [5.74, 6) is 1.76. The molecule has 4 heterocycles. The van der Waals surface area contributed by atoms with E-state index in [1.165, 1.54) is 5.56 Å². The minimum atomic E-state index is 0.241. The SMILES string of the molecule is NC1CCN(c2nc(-c3ccccn3)nc3c2CCNC3)C1. The fourth-order valence-corrected chi connectivity index (χ4v) is 3.19. The first kappa shape index (κ1) is 13.6. The molecule has 114 valence electrons. The summed E-state index contributed by atoms with van der Waals surface area (Å²) in [6.07, 6.45) is 3.77. The third kappa shape index (κ3) is 2.44. The lowest BCUT2D eigenvalue weighted by Crippen LogP contribution is -2.31. The van der Waals surface area contributed by atoms with Gasteiger partial charge in [0.15, 0.2) is 5.82 Å². The number of pyridine rings is 1. The predicted octanol–water partition coefficient (Wildman–Crippen LogP) is 0.722. The van der Waals surface area contributed by atoms with Gasteiger partial charge in [-0.3, -0.25) is 4.98 Å². The summed E-state index contributed by atoms with van der Waals surface area (Å²) in [5.41, 5.74) is 9.26. The second-order valence-electron chi connectivity index (χ2n) is 5.93. The molecule has 22 heavy (non-hydrogen) atoms. The van der Waals surface area contributed by atoms with Crippen molar-refractivity contribution in [2.24, 2.45) is 5.73 Å². The van der Waals surface area contributed by atoms with Crippen molar-refractivity contribution in [3.63, 3.8) is 0 Å². The summed E-state index contributed by atoms with van der Waals surface area (Å²) in [5, 5.41) is 3.39. The molecule has 2 aliphatic rings. The Morgan fingerprint density at radius 1 is 1.27 bits per heavy atom. The quantitative estimate of drug-likeness (QED) is 0.850. The van der Waals surface area contributed by atoms with Crippen LogP contribution in [-0.2, 0) is 13.0 Å². The second kappa shape index (κ2) is 5.62. The Kier molecular flexibility index (Phi) is 3.48. The van der Waals surface area contributed by atoms with Crippen molar-refractivity contribution in [3.8, 4) is 11.5 Å². The summed E-state index contributed by atoms with van der Waals surface area (Å²) in [7, 11) is 0. The number of nitrogens with two attached hydrogens (primary N) is 1. The molecule has 2 aromatic rings. The van der Waals surface area contributed by atoms with E-state index in [2.05, 4.69) is 15.2 Å². The minimum absolute atomic E-state index is 0.241. The topological polar surface area (TPSA) is 80.0 Å². The third-order valence-corrected chi connectivity index (χ3v) is 4.33. The van der Waals surface area contributed by atoms with Crippen molar-refractivity contribution < 1.29 is 0 Å². The van der Waals surface area contributed by atoms with E-state index in [9.17, 15) is 0 Å². The zero-order valence-electron chi connectivity index (χ0n) is 12.5. The first-order valence-corrected chi connectivity index (χ1v) is 7.84. The van der Waals surface area contributed by atoms with Gasteiger partial charge in [-0.15, -0.1) is 0 Å². The number of hydrogen-bond donors (Lipinski definition) is 2. The maximum atomic E-state index is 6.08. The molecule has 0 amide bonds. The van der Waals surface area contributed by atoms with Gasteiger partial charge in [-0.2, -0.15) is 0 Å². The van der Waals surface area contributed by atoms with Gasteiger partial charge in [-0.1, -0.05) is 6.07 Å². The van der Waals surface area contributed by atoms with Crippen LogP contribution in [-0.4, -0.2) is 40.6 Å². The number of nitrogens with one attached hydrogen (secondary N) is 1. The molecule has 0 bridgehead atoms. The van der Waals surface area contributed by atoms with Gasteiger partial charge in [0.05, 0.1) is 5.69 Å². The molecule has 0 spiro atoms. The minimum Gasteiger partial charge on any atom is -0.355 e. The molecule has 1 unspecified atom stereocenters. The number of fused-ring (bicyclic) bond motifs is 1. The standard InChI is InChI=1S/C16H20N6/c17-11-5-8-22(10-11)16-12-4-7-18-9-14(12)20-15(21-16)13-3-1-2-6-19-13/h1-3,6,11,18H,4-5,7-10,17H2. The number of aromatic nitrogens is 3. The van der Waals surface area contributed by atoms with Gasteiger partial charge in [0, 0.05) is 37.4 Å². The van der Waals surface area contributed by atoms with Crippen molar-refractivity contribution in [2.75, 3.05) is 24.5 Å². The van der Waals surface area contributed by atoms with Crippen LogP contribution in [0.25, 0.3) is 11.5 Å². The fourth-order valence-electron chi connectivity index (χ4n) is 3.19. The summed E-state index contributed by atoms with van der Waals surface area (Å²) < 4.78 is 0. The van der Waals surface area contributed by atoms with Crippen molar-refractivity contribution in [1.29, 1.82) is 0 Å². The first-order valence-electron chi connectivity index (χ1n) is 7.84. The fraction of sp³-hybridized carbons (Fsp3) is 0.438. The molecular formula is C16H20N6. The molecule has 3 N–H and O–H groups in total. The number of rotatable bonds is 2. The van der Waals surface area contributed by atoms with Crippen molar-refractivity contribution in [1.82, 2.24) is 20.3 Å². The molecule has 1 fully saturated rings. The van der Waals surface area contributed by atoms with E-state index in [1.807, 2.05) is 18.2 Å². The van der Waals surface area contributed by atoms with Crippen LogP contribution in [0, 0.1) is 0 Å². The average Bonchev–Trinajstić information content (AvgIpc) is 3.01. The first-order chi connectivity index (χ1) is 10.8. The number of nitrogens with zero attached hydrogens (tertiary/aromatic N) is 4. The van der Waals surface area contributed by atoms with E-state index in [1.54, 1.807) is 6.20 Å². The van der Waals surface area contributed by atoms with E-state index in [0.717, 1.165) is 56.2 Å². The highest BCUT2D eigenvalue weighted by molar-refractivity contribution is 5.58. The van der Waals surface area contributed by atoms with Crippen LogP contribution in [0.3, 0.4) is 0 Å². The van der Waals surface area contributed by atoms with Crippen LogP contribution in [0.4, 0.5) is 5.82 Å². The van der Waals surface area contributed by atoms with Crippen LogP contribution in [0.2, 0.25) is 0 Å². The Bertz CT molecular complexity index is 672. The molecular weight excluding hydrogens is 276 g/mol. The normalized spacial score (nSPS) is 21.0. The van der Waals surface area contributed by atoms with E-state index in [-0.39, 0.29) is 6.04 Å². The molecule has 1 saturated heterocycles. The van der Waals surface area contributed by atoms with Gasteiger partial charge >= 0.3 is 0 Å². The molecule has 0 saturated carbocycles. The molecule has 2 aromatic heterocycles. The largest absolute Gasteiger partial charge is 0.355 e. The van der Waals surface area contributed by atoms with E-state index >= 15 is 0 Å². The smallest absolute Gasteiger partial charge is 0.180 e. The molecule has 6 nitrogen and oxygen atoms in total. The van der Waals surface area contributed by atoms with Gasteiger partial charge in [-0.05, 0) is 31.5 Å². The Morgan fingerprint density at radius 3 is 3.00 bits per heavy atom. The highest BCUT2D eigenvalue weighted by Gasteiger charge is 2.26. The molecule has 4 rings (SSSR count). The predicted molar refractivity (Wildman–Crippen MR) is 85.5 cm³/mol. The van der Waals surface area contributed by atoms with E-state index in [4.69, 9.17) is 15.7 Å². The van der Waals surface area contributed by atoms with Gasteiger partial charge in [0.25, 0.3) is 0 Å². The molecule has 2 aliphatic heterocycles. The van der Waals surface area contributed by atoms with Gasteiger partial charge in [0.1, 0.15) is 11.5 Å². The molecule has 0 aromatic carbocycles. The zero-order valence-corrected chi connectivity index (χ0v) is 12.5. The van der Waals surface area contributed by atoms with Crippen LogP contribution in [0.5, 0.6) is 0 Å². The van der Waals surface area contributed by atoms with Gasteiger partial charge in [-0.25, -0.2) is 9.97 Å². The average molecular weight is 296 g/mol. The summed E-state index contributed by atoms with van der Waals surface area (Å²) in [6, 6.07) is 6.07. The van der Waals surface area contributed by atoms with Crippen LogP contribution in [0.15, 0.2) is 24.4 Å². The summed E-state index contributed by atoms with van der Waals surface area (Å²) in [6.45, 7) is 3.62. The van der Waals surface area contributed by atoms with Crippen molar-refractivity contribution >= 4 is 5.82 Å². The molecule has 0 aliphatic carbocycles. The maximum Gasteiger partial charge on any atom is 0.180 e. The summed E-state index contributed by atoms with van der Waals surface area (Å²) >= 11 is 0. The maximum absolute atomic E-state index is 6.08. The van der Waals surface area contributed by atoms with E-state index in [0.29, 0.717) is 5.82 Å².